The summed E-state index contributed by atoms with van der Waals surface area (Å²) in [6, 6.07) is 18.3. The van der Waals surface area contributed by atoms with Crippen molar-refractivity contribution in [2.75, 3.05) is 5.32 Å². The molecule has 0 bridgehead atoms. The lowest BCUT2D eigenvalue weighted by Crippen LogP contribution is -1.99. The Labute approximate surface area is 121 Å². The minimum absolute atomic E-state index is 0.0463. The number of para-hydroxylation sites is 1. The highest BCUT2D eigenvalue weighted by Gasteiger charge is 2.15. The maximum atomic E-state index is 11.3. The highest BCUT2D eigenvalue weighted by molar-refractivity contribution is 5.71. The fourth-order valence-electron chi connectivity index (χ4n) is 2.12. The molecule has 0 aliphatic rings. The van der Waals surface area contributed by atoms with Gasteiger partial charge in [0.25, 0.3) is 5.69 Å². The van der Waals surface area contributed by atoms with E-state index in [1.54, 1.807) is 12.1 Å². The van der Waals surface area contributed by atoms with Gasteiger partial charge in [0.1, 0.15) is 5.69 Å². The SMILES string of the molecule is O=[N+]([O-])c1cc(-n2cccc2)ccc1Nc1ccccc1. The Morgan fingerprint density at radius 2 is 1.67 bits per heavy atom. The van der Waals surface area contributed by atoms with Crippen LogP contribution in [0.15, 0.2) is 73.1 Å². The Bertz CT molecular complexity index is 752. The van der Waals surface area contributed by atoms with Gasteiger partial charge in [-0.3, -0.25) is 10.1 Å². The van der Waals surface area contributed by atoms with Gasteiger partial charge in [-0.25, -0.2) is 0 Å². The van der Waals surface area contributed by atoms with Crippen molar-refractivity contribution < 1.29 is 4.92 Å². The van der Waals surface area contributed by atoms with Gasteiger partial charge in [0, 0.05) is 24.1 Å². The molecule has 2 aromatic carbocycles. The van der Waals surface area contributed by atoms with Gasteiger partial charge in [0.15, 0.2) is 0 Å². The van der Waals surface area contributed by atoms with Crippen LogP contribution in [0, 0.1) is 10.1 Å². The lowest BCUT2D eigenvalue weighted by molar-refractivity contribution is -0.383. The van der Waals surface area contributed by atoms with E-state index in [9.17, 15) is 10.1 Å². The quantitative estimate of drug-likeness (QED) is 0.577. The number of nitro benzene ring substituents is 1. The smallest absolute Gasteiger partial charge is 0.294 e. The average Bonchev–Trinajstić information content (AvgIpc) is 3.03. The lowest BCUT2D eigenvalue weighted by Gasteiger charge is -2.09. The van der Waals surface area contributed by atoms with Crippen LogP contribution in [0.5, 0.6) is 0 Å². The van der Waals surface area contributed by atoms with Gasteiger partial charge >= 0.3 is 0 Å². The molecule has 21 heavy (non-hydrogen) atoms. The Kier molecular flexibility index (Phi) is 3.39. The van der Waals surface area contributed by atoms with Crippen LogP contribution in [0.1, 0.15) is 0 Å². The van der Waals surface area contributed by atoms with Crippen LogP contribution in [0.3, 0.4) is 0 Å². The predicted molar refractivity (Wildman–Crippen MR) is 82.1 cm³/mol. The van der Waals surface area contributed by atoms with Crippen molar-refractivity contribution in [1.82, 2.24) is 4.57 Å². The van der Waals surface area contributed by atoms with Crippen molar-refractivity contribution >= 4 is 17.1 Å². The summed E-state index contributed by atoms with van der Waals surface area (Å²) in [5, 5.41) is 14.4. The number of nitro groups is 1. The largest absolute Gasteiger partial charge is 0.350 e. The molecule has 0 radical (unpaired) electrons. The molecule has 1 heterocycles. The first-order valence-electron chi connectivity index (χ1n) is 6.48. The third kappa shape index (κ3) is 2.76. The van der Waals surface area contributed by atoms with Gasteiger partial charge in [0.2, 0.25) is 0 Å². The average molecular weight is 279 g/mol. The van der Waals surface area contributed by atoms with Crippen molar-refractivity contribution in [3.8, 4) is 5.69 Å². The Morgan fingerprint density at radius 3 is 2.33 bits per heavy atom. The van der Waals surface area contributed by atoms with Gasteiger partial charge in [-0.05, 0) is 36.4 Å². The third-order valence-electron chi connectivity index (χ3n) is 3.13. The van der Waals surface area contributed by atoms with Crippen molar-refractivity contribution in [2.24, 2.45) is 0 Å². The van der Waals surface area contributed by atoms with Crippen molar-refractivity contribution in [3.05, 3.63) is 83.2 Å². The number of nitrogens with one attached hydrogen (secondary N) is 1. The van der Waals surface area contributed by atoms with Gasteiger partial charge in [-0.2, -0.15) is 0 Å². The van der Waals surface area contributed by atoms with E-state index in [0.29, 0.717) is 5.69 Å². The van der Waals surface area contributed by atoms with Gasteiger partial charge in [0.05, 0.1) is 10.6 Å². The fraction of sp³-hybridized carbons (Fsp3) is 0. The molecule has 0 fully saturated rings. The maximum Gasteiger partial charge on any atom is 0.294 e. The van der Waals surface area contributed by atoms with Crippen LogP contribution >= 0.6 is 0 Å². The first-order valence-corrected chi connectivity index (χ1v) is 6.48. The number of hydrogen-bond acceptors (Lipinski definition) is 3. The molecule has 5 nitrogen and oxygen atoms in total. The van der Waals surface area contributed by atoms with Crippen LogP contribution in [0.4, 0.5) is 17.1 Å². The maximum absolute atomic E-state index is 11.3. The lowest BCUT2D eigenvalue weighted by atomic mass is 10.2. The normalized spacial score (nSPS) is 10.3. The summed E-state index contributed by atoms with van der Waals surface area (Å²) in [5.74, 6) is 0. The highest BCUT2D eigenvalue weighted by atomic mass is 16.6. The zero-order valence-corrected chi connectivity index (χ0v) is 11.1. The van der Waals surface area contributed by atoms with Crippen LogP contribution in [-0.2, 0) is 0 Å². The molecule has 3 aromatic rings. The Hall–Kier alpha value is -3.08. The summed E-state index contributed by atoms with van der Waals surface area (Å²) in [6.07, 6.45) is 3.70. The molecule has 0 spiro atoms. The summed E-state index contributed by atoms with van der Waals surface area (Å²) in [7, 11) is 0. The molecule has 5 heteroatoms. The van der Waals surface area contributed by atoms with E-state index in [-0.39, 0.29) is 10.6 Å². The Balaban J connectivity index is 1.99. The summed E-state index contributed by atoms with van der Waals surface area (Å²) < 4.78 is 1.83. The van der Waals surface area contributed by atoms with Crippen LogP contribution < -0.4 is 5.32 Å². The predicted octanol–water partition coefficient (Wildman–Crippen LogP) is 4.13. The molecule has 3 rings (SSSR count). The van der Waals surface area contributed by atoms with E-state index in [4.69, 9.17) is 0 Å². The van der Waals surface area contributed by atoms with Gasteiger partial charge < -0.3 is 9.88 Å². The summed E-state index contributed by atoms with van der Waals surface area (Å²) in [6.45, 7) is 0. The van der Waals surface area contributed by atoms with Crippen LogP contribution in [-0.4, -0.2) is 9.49 Å². The van der Waals surface area contributed by atoms with E-state index in [2.05, 4.69) is 5.32 Å². The van der Waals surface area contributed by atoms with E-state index in [0.717, 1.165) is 11.4 Å². The molecular weight excluding hydrogens is 266 g/mol. The molecule has 0 saturated heterocycles. The number of anilines is 2. The van der Waals surface area contributed by atoms with Crippen LogP contribution in [0.2, 0.25) is 0 Å². The minimum Gasteiger partial charge on any atom is -0.350 e. The number of aromatic nitrogens is 1. The number of hydrogen-bond donors (Lipinski definition) is 1. The topological polar surface area (TPSA) is 60.1 Å². The monoisotopic (exact) mass is 279 g/mol. The van der Waals surface area contributed by atoms with Crippen molar-refractivity contribution in [2.45, 2.75) is 0 Å². The van der Waals surface area contributed by atoms with Crippen LogP contribution in [0.25, 0.3) is 5.69 Å². The van der Waals surface area contributed by atoms with Gasteiger partial charge in [-0.1, -0.05) is 18.2 Å². The minimum atomic E-state index is -0.377. The molecular formula is C16H13N3O2. The standard InChI is InChI=1S/C16H13N3O2/c20-19(21)16-12-14(18-10-4-5-11-18)8-9-15(16)17-13-6-2-1-3-7-13/h1-12,17H. The zero-order chi connectivity index (χ0) is 14.7. The summed E-state index contributed by atoms with van der Waals surface area (Å²) in [4.78, 5) is 10.9. The molecule has 0 amide bonds. The first kappa shape index (κ1) is 12.9. The number of nitrogens with zero attached hydrogens (tertiary/aromatic N) is 2. The summed E-state index contributed by atoms with van der Waals surface area (Å²) >= 11 is 0. The van der Waals surface area contributed by atoms with E-state index in [1.807, 2.05) is 65.5 Å². The molecule has 0 atom stereocenters. The molecule has 0 aliphatic carbocycles. The van der Waals surface area contributed by atoms with E-state index < -0.39 is 0 Å². The molecule has 0 unspecified atom stereocenters. The first-order chi connectivity index (χ1) is 10.2. The molecule has 0 aliphatic heterocycles. The highest BCUT2D eigenvalue weighted by Crippen LogP contribution is 2.29. The molecule has 104 valence electrons. The van der Waals surface area contributed by atoms with Crippen molar-refractivity contribution in [3.63, 3.8) is 0 Å². The fourth-order valence-corrected chi connectivity index (χ4v) is 2.12. The second-order valence-corrected chi connectivity index (χ2v) is 4.54. The number of benzene rings is 2. The zero-order valence-electron chi connectivity index (χ0n) is 11.1. The molecule has 0 saturated carbocycles. The van der Waals surface area contributed by atoms with E-state index in [1.165, 1.54) is 0 Å². The Morgan fingerprint density at radius 1 is 0.952 bits per heavy atom. The molecule has 1 aromatic heterocycles. The summed E-state index contributed by atoms with van der Waals surface area (Å²) in [5.41, 5.74) is 2.09. The van der Waals surface area contributed by atoms with Crippen molar-refractivity contribution in [1.29, 1.82) is 0 Å². The number of rotatable bonds is 4. The van der Waals surface area contributed by atoms with Gasteiger partial charge in [-0.15, -0.1) is 0 Å². The third-order valence-corrected chi connectivity index (χ3v) is 3.13. The van der Waals surface area contributed by atoms with E-state index >= 15 is 0 Å². The molecule has 1 N–H and O–H groups in total. The second-order valence-electron chi connectivity index (χ2n) is 4.54. The second kappa shape index (κ2) is 5.50.